The number of hydrogen-bond acceptors (Lipinski definition) is 4. The topological polar surface area (TPSA) is 49.4 Å². The summed E-state index contributed by atoms with van der Waals surface area (Å²) in [5.74, 6) is 0.466. The molecule has 0 aliphatic carbocycles. The second-order valence-corrected chi connectivity index (χ2v) is 7.10. The van der Waals surface area contributed by atoms with Crippen LogP contribution in [0.5, 0.6) is 0 Å². The molecule has 20 heavy (non-hydrogen) atoms. The zero-order valence-electron chi connectivity index (χ0n) is 12.7. The molecule has 0 aromatic heterocycles. The van der Waals surface area contributed by atoms with Crippen molar-refractivity contribution in [3.05, 3.63) is 24.3 Å². The van der Waals surface area contributed by atoms with Crippen LogP contribution in [0.1, 0.15) is 27.2 Å². The molecule has 5 heteroatoms. The molecule has 0 saturated heterocycles. The highest BCUT2D eigenvalue weighted by atomic mass is 32.2. The van der Waals surface area contributed by atoms with Gasteiger partial charge in [-0.1, -0.05) is 6.92 Å². The van der Waals surface area contributed by atoms with E-state index < -0.39 is 9.84 Å². The Labute approximate surface area is 123 Å². The average Bonchev–Trinajstić information content (AvgIpc) is 2.41. The molecule has 0 atom stereocenters. The van der Waals surface area contributed by atoms with Gasteiger partial charge in [0, 0.05) is 36.8 Å². The van der Waals surface area contributed by atoms with Gasteiger partial charge in [0.1, 0.15) is 0 Å². The molecule has 1 aromatic carbocycles. The van der Waals surface area contributed by atoms with Crippen molar-refractivity contribution in [2.75, 3.05) is 41.4 Å². The summed E-state index contributed by atoms with van der Waals surface area (Å²) < 4.78 is 23.2. The fourth-order valence-electron chi connectivity index (χ4n) is 2.14. The lowest BCUT2D eigenvalue weighted by molar-refractivity contribution is 0.595. The van der Waals surface area contributed by atoms with E-state index in [0.717, 1.165) is 18.8 Å². The Morgan fingerprint density at radius 2 is 1.60 bits per heavy atom. The molecular formula is C15H26N2O2S. The molecule has 1 N–H and O–H groups in total. The number of anilines is 2. The summed E-state index contributed by atoms with van der Waals surface area (Å²) in [5.41, 5.74) is 2.16. The normalized spacial score (nSPS) is 11.3. The monoisotopic (exact) mass is 298 g/mol. The van der Waals surface area contributed by atoms with E-state index in [-0.39, 0.29) is 11.5 Å². The minimum atomic E-state index is -2.90. The number of hydrogen-bond donors (Lipinski definition) is 1. The van der Waals surface area contributed by atoms with Crippen LogP contribution >= 0.6 is 0 Å². The van der Waals surface area contributed by atoms with Gasteiger partial charge >= 0.3 is 0 Å². The largest absolute Gasteiger partial charge is 0.384 e. The molecular weight excluding hydrogens is 272 g/mol. The van der Waals surface area contributed by atoms with Gasteiger partial charge in [-0.15, -0.1) is 0 Å². The van der Waals surface area contributed by atoms with Crippen LogP contribution in [-0.2, 0) is 9.84 Å². The number of nitrogens with one attached hydrogen (secondary N) is 1. The van der Waals surface area contributed by atoms with Gasteiger partial charge in [0.05, 0.1) is 5.75 Å². The first-order valence-corrected chi connectivity index (χ1v) is 9.13. The summed E-state index contributed by atoms with van der Waals surface area (Å²) in [6.07, 6.45) is 0.681. The van der Waals surface area contributed by atoms with E-state index in [9.17, 15) is 8.42 Å². The Kier molecular flexibility index (Phi) is 6.85. The highest BCUT2D eigenvalue weighted by molar-refractivity contribution is 7.91. The van der Waals surface area contributed by atoms with Crippen molar-refractivity contribution in [3.8, 4) is 0 Å². The summed E-state index contributed by atoms with van der Waals surface area (Å²) >= 11 is 0. The molecule has 4 nitrogen and oxygen atoms in total. The van der Waals surface area contributed by atoms with Gasteiger partial charge in [0.15, 0.2) is 9.84 Å². The fourth-order valence-corrected chi connectivity index (χ4v) is 3.38. The number of sulfone groups is 1. The molecule has 0 aliphatic rings. The van der Waals surface area contributed by atoms with Crippen molar-refractivity contribution in [1.82, 2.24) is 0 Å². The third-order valence-corrected chi connectivity index (χ3v) is 5.11. The Bertz CT molecular complexity index is 479. The quantitative estimate of drug-likeness (QED) is 0.761. The van der Waals surface area contributed by atoms with Crippen molar-refractivity contribution in [3.63, 3.8) is 0 Å². The summed E-state index contributed by atoms with van der Waals surface area (Å²) in [5, 5.41) is 3.16. The second kappa shape index (κ2) is 8.15. The second-order valence-electron chi connectivity index (χ2n) is 4.80. The van der Waals surface area contributed by atoms with Crippen LogP contribution < -0.4 is 10.2 Å². The van der Waals surface area contributed by atoms with E-state index in [4.69, 9.17) is 0 Å². The van der Waals surface area contributed by atoms with Gasteiger partial charge in [-0.25, -0.2) is 8.42 Å². The lowest BCUT2D eigenvalue weighted by Crippen LogP contribution is -2.21. The highest BCUT2D eigenvalue weighted by Crippen LogP contribution is 2.17. The van der Waals surface area contributed by atoms with Gasteiger partial charge in [0.25, 0.3) is 0 Å². The molecule has 0 fully saturated rings. The summed E-state index contributed by atoms with van der Waals surface area (Å²) in [6, 6.07) is 8.13. The SMILES string of the molecule is CCCS(=O)(=O)CCNc1ccc(N(CC)CC)cc1. The predicted octanol–water partition coefficient (Wildman–Crippen LogP) is 2.77. The van der Waals surface area contributed by atoms with E-state index in [1.54, 1.807) is 0 Å². The van der Waals surface area contributed by atoms with Crippen molar-refractivity contribution < 1.29 is 8.42 Å². The average molecular weight is 298 g/mol. The van der Waals surface area contributed by atoms with E-state index in [2.05, 4.69) is 36.2 Å². The molecule has 0 spiro atoms. The van der Waals surface area contributed by atoms with Crippen molar-refractivity contribution >= 4 is 21.2 Å². The van der Waals surface area contributed by atoms with Gasteiger partial charge < -0.3 is 10.2 Å². The first-order valence-electron chi connectivity index (χ1n) is 7.31. The summed E-state index contributed by atoms with van der Waals surface area (Å²) in [7, 11) is -2.90. The Morgan fingerprint density at radius 1 is 1.00 bits per heavy atom. The molecule has 0 aliphatic heterocycles. The van der Waals surface area contributed by atoms with E-state index >= 15 is 0 Å². The summed E-state index contributed by atoms with van der Waals surface area (Å²) in [4.78, 5) is 2.27. The maximum absolute atomic E-state index is 11.6. The van der Waals surface area contributed by atoms with Crippen LogP contribution in [0.3, 0.4) is 0 Å². The van der Waals surface area contributed by atoms with Gasteiger partial charge in [-0.05, 0) is 44.5 Å². The standard InChI is InChI=1S/C15H26N2O2S/c1-4-12-20(18,19)13-11-16-14-7-9-15(10-8-14)17(5-2)6-3/h7-10,16H,4-6,11-13H2,1-3H3. The lowest BCUT2D eigenvalue weighted by atomic mass is 10.2. The van der Waals surface area contributed by atoms with Crippen LogP contribution in [0.2, 0.25) is 0 Å². The van der Waals surface area contributed by atoms with Crippen LogP contribution in [0.4, 0.5) is 11.4 Å². The zero-order chi connectivity index (χ0) is 15.0. The first-order chi connectivity index (χ1) is 9.52. The molecule has 0 saturated carbocycles. The van der Waals surface area contributed by atoms with Crippen LogP contribution in [0.15, 0.2) is 24.3 Å². The first kappa shape index (κ1) is 16.8. The van der Waals surface area contributed by atoms with E-state index in [1.165, 1.54) is 5.69 Å². The number of rotatable bonds is 9. The highest BCUT2D eigenvalue weighted by Gasteiger charge is 2.08. The Morgan fingerprint density at radius 3 is 2.10 bits per heavy atom. The Balaban J connectivity index is 2.50. The predicted molar refractivity (Wildman–Crippen MR) is 87.4 cm³/mol. The van der Waals surface area contributed by atoms with E-state index in [1.807, 2.05) is 19.1 Å². The van der Waals surface area contributed by atoms with Crippen LogP contribution in [-0.4, -0.2) is 39.6 Å². The number of nitrogens with zero attached hydrogens (tertiary/aromatic N) is 1. The van der Waals surface area contributed by atoms with Gasteiger partial charge in [0.2, 0.25) is 0 Å². The van der Waals surface area contributed by atoms with E-state index in [0.29, 0.717) is 13.0 Å². The van der Waals surface area contributed by atoms with Crippen molar-refractivity contribution in [2.45, 2.75) is 27.2 Å². The van der Waals surface area contributed by atoms with Gasteiger partial charge in [-0.2, -0.15) is 0 Å². The molecule has 0 heterocycles. The van der Waals surface area contributed by atoms with Gasteiger partial charge in [-0.3, -0.25) is 0 Å². The molecule has 0 bridgehead atoms. The van der Waals surface area contributed by atoms with Crippen molar-refractivity contribution in [2.24, 2.45) is 0 Å². The molecule has 1 aromatic rings. The number of benzene rings is 1. The molecule has 0 amide bonds. The van der Waals surface area contributed by atoms with Crippen LogP contribution in [0, 0.1) is 0 Å². The molecule has 0 unspecified atom stereocenters. The zero-order valence-corrected chi connectivity index (χ0v) is 13.5. The maximum atomic E-state index is 11.6. The Hall–Kier alpha value is -1.23. The van der Waals surface area contributed by atoms with Crippen LogP contribution in [0.25, 0.3) is 0 Å². The minimum Gasteiger partial charge on any atom is -0.384 e. The summed E-state index contributed by atoms with van der Waals surface area (Å²) in [6.45, 7) is 8.59. The molecule has 1 rings (SSSR count). The lowest BCUT2D eigenvalue weighted by Gasteiger charge is -2.21. The molecule has 0 radical (unpaired) electrons. The minimum absolute atomic E-state index is 0.193. The van der Waals surface area contributed by atoms with Crippen molar-refractivity contribution in [1.29, 1.82) is 0 Å². The smallest absolute Gasteiger partial charge is 0.152 e. The fraction of sp³-hybridized carbons (Fsp3) is 0.600. The maximum Gasteiger partial charge on any atom is 0.152 e. The molecule has 114 valence electrons. The third-order valence-electron chi connectivity index (χ3n) is 3.25. The third kappa shape index (κ3) is 5.41.